The molecular weight excluding hydrogens is 861 g/mol. The molecule has 0 N–H and O–H groups in total. The molecule has 14 rings (SSSR count). The third kappa shape index (κ3) is 6.63. The Balaban J connectivity index is 0.907. The summed E-state index contributed by atoms with van der Waals surface area (Å²) in [7, 11) is 0. The van der Waals surface area contributed by atoms with Gasteiger partial charge in [-0.2, -0.15) is 0 Å². The van der Waals surface area contributed by atoms with Gasteiger partial charge in [0.25, 0.3) is 0 Å². The molecule has 4 heterocycles. The van der Waals surface area contributed by atoms with Crippen molar-refractivity contribution in [3.05, 3.63) is 231 Å². The lowest BCUT2D eigenvalue weighted by Crippen LogP contribution is -2.16. The quantitative estimate of drug-likeness (QED) is 0.158. The van der Waals surface area contributed by atoms with Gasteiger partial charge < -0.3 is 18.5 Å². The molecule has 0 aliphatic carbocycles. The van der Waals surface area contributed by atoms with Crippen molar-refractivity contribution >= 4 is 60.9 Å². The summed E-state index contributed by atoms with van der Waals surface area (Å²) in [5, 5.41) is 4.07. The van der Waals surface area contributed by atoms with Crippen molar-refractivity contribution in [1.29, 1.82) is 0 Å². The van der Waals surface area contributed by atoms with Gasteiger partial charge in [-0.15, -0.1) is 0 Å². The molecule has 0 fully saturated rings. The number of benzene rings is 10. The van der Waals surface area contributed by atoms with Crippen LogP contribution in [0.1, 0.15) is 0 Å². The lowest BCUT2D eigenvalue weighted by Gasteiger charge is -2.33. The van der Waals surface area contributed by atoms with Crippen LogP contribution in [0.15, 0.2) is 239 Å². The van der Waals surface area contributed by atoms with Crippen LogP contribution in [0.4, 0.5) is 17.1 Å². The summed E-state index contributed by atoms with van der Waals surface area (Å²) >= 11 is 0. The van der Waals surface area contributed by atoms with Gasteiger partial charge in [-0.25, -0.2) is 15.0 Å². The highest BCUT2D eigenvalue weighted by Gasteiger charge is 2.28. The first-order valence-electron chi connectivity index (χ1n) is 23.3. The number of ether oxygens (including phenoxy) is 1. The fourth-order valence-corrected chi connectivity index (χ4v) is 9.99. The van der Waals surface area contributed by atoms with Crippen molar-refractivity contribution in [2.24, 2.45) is 0 Å². The zero-order chi connectivity index (χ0) is 46.1. The molecule has 0 unspecified atom stereocenters. The van der Waals surface area contributed by atoms with Gasteiger partial charge in [0.1, 0.15) is 22.3 Å². The van der Waals surface area contributed by atoms with Crippen molar-refractivity contribution in [3.63, 3.8) is 0 Å². The van der Waals surface area contributed by atoms with Crippen molar-refractivity contribution in [1.82, 2.24) is 15.0 Å². The van der Waals surface area contributed by atoms with Crippen LogP contribution < -0.4 is 9.64 Å². The zero-order valence-corrected chi connectivity index (χ0v) is 37.5. The Morgan fingerprint density at radius 2 is 0.843 bits per heavy atom. The molecular formula is C63H38N4O3. The summed E-state index contributed by atoms with van der Waals surface area (Å²) in [6.45, 7) is 0. The van der Waals surface area contributed by atoms with E-state index < -0.39 is 0 Å². The summed E-state index contributed by atoms with van der Waals surface area (Å²) < 4.78 is 20.1. The molecule has 13 aromatic rings. The molecule has 0 atom stereocenters. The minimum Gasteiger partial charge on any atom is -0.456 e. The number of fused-ring (bicyclic) bond motifs is 8. The maximum absolute atomic E-state index is 7.04. The lowest BCUT2D eigenvalue weighted by atomic mass is 9.98. The predicted octanol–water partition coefficient (Wildman–Crippen LogP) is 17.2. The molecule has 0 saturated heterocycles. The Morgan fingerprint density at radius 3 is 1.60 bits per heavy atom. The fraction of sp³-hybridized carbons (Fsp3) is 0. The number of hydrogen-bond donors (Lipinski definition) is 0. The molecule has 70 heavy (non-hydrogen) atoms. The SMILES string of the molecule is c1ccc(-c2cccc(N3c4ccc(-c5ccc6oc7cccc(-c8nc(-c9ccccc9)nc(-c9ccccc9)n8)c7c6c5)cc4Oc4cc(-c5cccc6c5oc5ccccc56)ccc43)c2)cc1. The Hall–Kier alpha value is -9.59. The molecule has 0 saturated carbocycles. The zero-order valence-electron chi connectivity index (χ0n) is 37.5. The van der Waals surface area contributed by atoms with Crippen LogP contribution >= 0.6 is 0 Å². The van der Waals surface area contributed by atoms with Crippen molar-refractivity contribution in [2.75, 3.05) is 4.90 Å². The molecule has 0 spiro atoms. The van der Waals surface area contributed by atoms with Gasteiger partial charge >= 0.3 is 0 Å². The average Bonchev–Trinajstić information content (AvgIpc) is 4.01. The summed E-state index contributed by atoms with van der Waals surface area (Å²) in [5.74, 6) is 3.25. The van der Waals surface area contributed by atoms with E-state index in [-0.39, 0.29) is 0 Å². The third-order valence-electron chi connectivity index (χ3n) is 13.3. The maximum Gasteiger partial charge on any atom is 0.164 e. The Labute approximate surface area is 402 Å². The lowest BCUT2D eigenvalue weighted by molar-refractivity contribution is 0.477. The van der Waals surface area contributed by atoms with E-state index in [0.717, 1.165) is 123 Å². The molecule has 7 nitrogen and oxygen atoms in total. The molecule has 1 aliphatic heterocycles. The highest BCUT2D eigenvalue weighted by molar-refractivity contribution is 6.13. The second-order valence-corrected chi connectivity index (χ2v) is 17.5. The average molecular weight is 899 g/mol. The van der Waals surface area contributed by atoms with Crippen LogP contribution in [0.25, 0.3) is 111 Å². The van der Waals surface area contributed by atoms with Gasteiger partial charge in [-0.05, 0) is 88.5 Å². The highest BCUT2D eigenvalue weighted by Crippen LogP contribution is 2.53. The normalized spacial score (nSPS) is 12.1. The first-order chi connectivity index (χ1) is 34.7. The first-order valence-corrected chi connectivity index (χ1v) is 23.3. The number of furan rings is 2. The Morgan fingerprint density at radius 1 is 0.314 bits per heavy atom. The topological polar surface area (TPSA) is 77.4 Å². The minimum absolute atomic E-state index is 0.569. The molecule has 7 heteroatoms. The van der Waals surface area contributed by atoms with E-state index >= 15 is 0 Å². The van der Waals surface area contributed by atoms with Gasteiger partial charge in [0.15, 0.2) is 29.0 Å². The van der Waals surface area contributed by atoms with Gasteiger partial charge in [-0.3, -0.25) is 0 Å². The molecule has 0 bridgehead atoms. The standard InChI is InChI=1S/C63H38N4O3/c1-4-15-39(16-5-1)42-21-12-22-46(35-42)67-52-32-29-44(37-57(52)69-58-38-45(30-33-53(58)67)47-24-13-25-49-48-23-10-11-27-54(48)70-60(47)49)43-31-34-55-51(36-43)59-50(26-14-28-56(59)68-55)63-65-61(40-17-6-2-7-18-40)64-62(66-63)41-19-8-3-9-20-41/h1-38H. The predicted molar refractivity (Wildman–Crippen MR) is 282 cm³/mol. The molecule has 10 aromatic carbocycles. The van der Waals surface area contributed by atoms with Crippen molar-refractivity contribution in [3.8, 4) is 79.0 Å². The van der Waals surface area contributed by atoms with Crippen molar-refractivity contribution < 1.29 is 13.6 Å². The van der Waals surface area contributed by atoms with Gasteiger partial charge in [0.05, 0.1) is 11.4 Å². The first kappa shape index (κ1) is 39.6. The number of rotatable bonds is 7. The number of aromatic nitrogens is 3. The van der Waals surface area contributed by atoms with E-state index in [2.05, 4.69) is 144 Å². The minimum atomic E-state index is 0.569. The van der Waals surface area contributed by atoms with Crippen molar-refractivity contribution in [2.45, 2.75) is 0 Å². The van der Waals surface area contributed by atoms with E-state index in [1.54, 1.807) is 0 Å². The van der Waals surface area contributed by atoms with Gasteiger partial charge in [0, 0.05) is 49.5 Å². The summed E-state index contributed by atoms with van der Waals surface area (Å²) in [6, 6.07) is 79.2. The summed E-state index contributed by atoms with van der Waals surface area (Å²) in [5.41, 5.74) is 15.1. The van der Waals surface area contributed by atoms with Crippen LogP contribution in [-0.2, 0) is 0 Å². The molecule has 3 aromatic heterocycles. The van der Waals surface area contributed by atoms with Crippen LogP contribution in [0.2, 0.25) is 0 Å². The number of anilines is 3. The molecule has 0 radical (unpaired) electrons. The second-order valence-electron chi connectivity index (χ2n) is 17.5. The molecule has 0 amide bonds. The van der Waals surface area contributed by atoms with E-state index in [9.17, 15) is 0 Å². The van der Waals surface area contributed by atoms with E-state index in [4.69, 9.17) is 28.5 Å². The van der Waals surface area contributed by atoms with Crippen LogP contribution in [0, 0.1) is 0 Å². The molecule has 328 valence electrons. The smallest absolute Gasteiger partial charge is 0.164 e. The second kappa shape index (κ2) is 16.0. The number of nitrogens with zero attached hydrogens (tertiary/aromatic N) is 4. The highest BCUT2D eigenvalue weighted by atomic mass is 16.5. The fourth-order valence-electron chi connectivity index (χ4n) is 9.99. The van der Waals surface area contributed by atoms with Gasteiger partial charge in [-0.1, -0.05) is 170 Å². The Kier molecular flexibility index (Phi) is 9.07. The van der Waals surface area contributed by atoms with E-state index in [0.29, 0.717) is 17.5 Å². The third-order valence-corrected chi connectivity index (χ3v) is 13.3. The summed E-state index contributed by atoms with van der Waals surface area (Å²) in [4.78, 5) is 17.4. The largest absolute Gasteiger partial charge is 0.456 e. The maximum atomic E-state index is 7.04. The summed E-state index contributed by atoms with van der Waals surface area (Å²) in [6.07, 6.45) is 0. The number of para-hydroxylation sites is 2. The Bertz CT molecular complexity index is 4110. The van der Waals surface area contributed by atoms with Gasteiger partial charge in [0.2, 0.25) is 0 Å². The van der Waals surface area contributed by atoms with Crippen LogP contribution in [-0.4, -0.2) is 15.0 Å². The van der Waals surface area contributed by atoms with Crippen LogP contribution in [0.3, 0.4) is 0 Å². The van der Waals surface area contributed by atoms with Crippen LogP contribution in [0.5, 0.6) is 11.5 Å². The van der Waals surface area contributed by atoms with E-state index in [1.807, 2.05) is 91.0 Å². The number of hydrogen-bond acceptors (Lipinski definition) is 7. The molecule has 1 aliphatic rings. The monoisotopic (exact) mass is 898 g/mol. The van der Waals surface area contributed by atoms with E-state index in [1.165, 1.54) is 0 Å².